The maximum atomic E-state index is 12.1. The second kappa shape index (κ2) is 12.0. The molecule has 2 N–H and O–H groups in total. The number of nitrogens with zero attached hydrogens (tertiary/aromatic N) is 2. The third-order valence-electron chi connectivity index (χ3n) is 4.54. The van der Waals surface area contributed by atoms with E-state index in [0.717, 1.165) is 30.1 Å². The lowest BCUT2D eigenvalue weighted by molar-refractivity contribution is 0.0656. The number of ether oxygens (including phenoxy) is 1. The van der Waals surface area contributed by atoms with Crippen molar-refractivity contribution in [2.24, 2.45) is 4.99 Å². The number of benzene rings is 2. The van der Waals surface area contributed by atoms with Gasteiger partial charge in [0.05, 0.1) is 12.7 Å². The Hall–Kier alpha value is -2.86. The van der Waals surface area contributed by atoms with Crippen molar-refractivity contribution in [3.63, 3.8) is 0 Å². The first-order valence-corrected chi connectivity index (χ1v) is 10.3. The fraction of sp³-hybridized carbons (Fsp3) is 0.417. The molecule has 0 fully saturated rings. The van der Waals surface area contributed by atoms with Crippen LogP contribution in [-0.2, 0) is 24.3 Å². The number of carbonyl (C=O) groups excluding carboxylic acids is 1. The predicted octanol–water partition coefficient (Wildman–Crippen LogP) is 3.22. The molecule has 6 nitrogen and oxygen atoms in total. The van der Waals surface area contributed by atoms with Gasteiger partial charge in [0.15, 0.2) is 5.96 Å². The highest BCUT2D eigenvalue weighted by Gasteiger charge is 2.08. The van der Waals surface area contributed by atoms with Crippen LogP contribution in [0.3, 0.4) is 0 Å². The normalized spacial score (nSPS) is 11.5. The predicted molar refractivity (Wildman–Crippen MR) is 123 cm³/mol. The molecular weight excluding hydrogens is 376 g/mol. The second-order valence-corrected chi connectivity index (χ2v) is 7.68. The lowest BCUT2D eigenvalue weighted by Gasteiger charge is -2.14. The zero-order chi connectivity index (χ0) is 21.9. The summed E-state index contributed by atoms with van der Waals surface area (Å²) < 4.78 is 5.68. The fourth-order valence-electron chi connectivity index (χ4n) is 2.94. The Morgan fingerprint density at radius 3 is 2.43 bits per heavy atom. The van der Waals surface area contributed by atoms with Crippen LogP contribution in [0.2, 0.25) is 0 Å². The number of rotatable bonds is 9. The summed E-state index contributed by atoms with van der Waals surface area (Å²) >= 11 is 0. The van der Waals surface area contributed by atoms with Crippen molar-refractivity contribution in [1.29, 1.82) is 0 Å². The molecule has 0 spiro atoms. The summed E-state index contributed by atoms with van der Waals surface area (Å²) in [5.41, 5.74) is 4.17. The average Bonchev–Trinajstić information content (AvgIpc) is 2.74. The molecule has 0 saturated heterocycles. The molecule has 0 aromatic heterocycles. The standard InChI is InChI=1S/C24H34N4O2/c1-18(2)30-17-21-10-6-9-20(14-21)16-27-24(25-3)26-13-12-19-8-7-11-22(15-19)23(29)28(4)5/h6-11,14-15,18H,12-13,16-17H2,1-5H3,(H2,25,26,27). The number of hydrogen-bond acceptors (Lipinski definition) is 3. The van der Waals surface area contributed by atoms with E-state index in [2.05, 4.69) is 33.8 Å². The van der Waals surface area contributed by atoms with Gasteiger partial charge in [-0.3, -0.25) is 9.79 Å². The summed E-state index contributed by atoms with van der Waals surface area (Å²) in [6, 6.07) is 16.1. The van der Waals surface area contributed by atoms with Crippen molar-refractivity contribution < 1.29 is 9.53 Å². The topological polar surface area (TPSA) is 66.0 Å². The van der Waals surface area contributed by atoms with Crippen LogP contribution >= 0.6 is 0 Å². The van der Waals surface area contributed by atoms with Gasteiger partial charge < -0.3 is 20.3 Å². The Bertz CT molecular complexity index is 847. The van der Waals surface area contributed by atoms with E-state index in [1.54, 1.807) is 26.0 Å². The third kappa shape index (κ3) is 7.87. The van der Waals surface area contributed by atoms with Gasteiger partial charge in [-0.1, -0.05) is 36.4 Å². The van der Waals surface area contributed by atoms with Gasteiger partial charge in [-0.25, -0.2) is 0 Å². The molecule has 2 aromatic carbocycles. The molecular formula is C24H34N4O2. The molecule has 1 amide bonds. The minimum atomic E-state index is 0.0170. The fourth-order valence-corrected chi connectivity index (χ4v) is 2.94. The van der Waals surface area contributed by atoms with E-state index in [4.69, 9.17) is 4.74 Å². The Morgan fingerprint density at radius 1 is 1.03 bits per heavy atom. The number of guanidine groups is 1. The van der Waals surface area contributed by atoms with E-state index >= 15 is 0 Å². The molecule has 162 valence electrons. The lowest BCUT2D eigenvalue weighted by Crippen LogP contribution is -2.37. The van der Waals surface area contributed by atoms with Crippen LogP contribution in [0.4, 0.5) is 0 Å². The van der Waals surface area contributed by atoms with Crippen LogP contribution in [0.15, 0.2) is 53.5 Å². The molecule has 0 aliphatic rings. The van der Waals surface area contributed by atoms with E-state index in [9.17, 15) is 4.79 Å². The van der Waals surface area contributed by atoms with Gasteiger partial charge in [0.1, 0.15) is 0 Å². The van der Waals surface area contributed by atoms with Gasteiger partial charge in [0.2, 0.25) is 0 Å². The maximum absolute atomic E-state index is 12.1. The van der Waals surface area contributed by atoms with Crippen LogP contribution < -0.4 is 10.6 Å². The number of hydrogen-bond donors (Lipinski definition) is 2. The van der Waals surface area contributed by atoms with Crippen molar-refractivity contribution in [2.75, 3.05) is 27.7 Å². The van der Waals surface area contributed by atoms with Crippen molar-refractivity contribution in [3.8, 4) is 0 Å². The van der Waals surface area contributed by atoms with Crippen LogP contribution in [-0.4, -0.2) is 50.6 Å². The highest BCUT2D eigenvalue weighted by atomic mass is 16.5. The molecule has 0 radical (unpaired) electrons. The monoisotopic (exact) mass is 410 g/mol. The van der Waals surface area contributed by atoms with E-state index < -0.39 is 0 Å². The first-order chi connectivity index (χ1) is 14.4. The molecule has 30 heavy (non-hydrogen) atoms. The summed E-state index contributed by atoms with van der Waals surface area (Å²) in [6.07, 6.45) is 1.02. The summed E-state index contributed by atoms with van der Waals surface area (Å²) in [6.45, 7) is 6.10. The van der Waals surface area contributed by atoms with E-state index in [1.165, 1.54) is 5.56 Å². The van der Waals surface area contributed by atoms with Gasteiger partial charge >= 0.3 is 0 Å². The molecule has 0 atom stereocenters. The van der Waals surface area contributed by atoms with Gasteiger partial charge in [0.25, 0.3) is 5.91 Å². The molecule has 2 rings (SSSR count). The highest BCUT2D eigenvalue weighted by Crippen LogP contribution is 2.09. The zero-order valence-corrected chi connectivity index (χ0v) is 18.7. The van der Waals surface area contributed by atoms with Gasteiger partial charge in [-0.05, 0) is 49.1 Å². The molecule has 2 aromatic rings. The molecule has 0 saturated carbocycles. The third-order valence-corrected chi connectivity index (χ3v) is 4.54. The first kappa shape index (κ1) is 23.4. The summed E-state index contributed by atoms with van der Waals surface area (Å²) in [5.74, 6) is 0.766. The van der Waals surface area contributed by atoms with Gasteiger partial charge in [-0.15, -0.1) is 0 Å². The summed E-state index contributed by atoms with van der Waals surface area (Å²) in [7, 11) is 5.29. The van der Waals surface area contributed by atoms with Crippen LogP contribution in [0.5, 0.6) is 0 Å². The second-order valence-electron chi connectivity index (χ2n) is 7.68. The number of amides is 1. The Kier molecular flexibility index (Phi) is 9.35. The van der Waals surface area contributed by atoms with Crippen LogP contribution in [0.1, 0.15) is 40.9 Å². The minimum Gasteiger partial charge on any atom is -0.374 e. The molecule has 0 aliphatic heterocycles. The minimum absolute atomic E-state index is 0.0170. The highest BCUT2D eigenvalue weighted by molar-refractivity contribution is 5.94. The van der Waals surface area contributed by atoms with E-state index in [1.807, 2.05) is 44.2 Å². The molecule has 0 bridgehead atoms. The average molecular weight is 411 g/mol. The largest absolute Gasteiger partial charge is 0.374 e. The number of aliphatic imine (C=N–C) groups is 1. The first-order valence-electron chi connectivity index (χ1n) is 10.3. The zero-order valence-electron chi connectivity index (χ0n) is 18.7. The summed E-state index contributed by atoms with van der Waals surface area (Å²) in [4.78, 5) is 18.0. The number of nitrogens with one attached hydrogen (secondary N) is 2. The van der Waals surface area contributed by atoms with E-state index in [0.29, 0.717) is 18.7 Å². The van der Waals surface area contributed by atoms with E-state index in [-0.39, 0.29) is 12.0 Å². The SMILES string of the molecule is CN=C(NCCc1cccc(C(=O)N(C)C)c1)NCc1cccc(COC(C)C)c1. The lowest BCUT2D eigenvalue weighted by atomic mass is 10.1. The smallest absolute Gasteiger partial charge is 0.253 e. The number of carbonyl (C=O) groups is 1. The van der Waals surface area contributed by atoms with Crippen LogP contribution in [0, 0.1) is 0 Å². The van der Waals surface area contributed by atoms with Crippen molar-refractivity contribution >= 4 is 11.9 Å². The maximum Gasteiger partial charge on any atom is 0.253 e. The van der Waals surface area contributed by atoms with Gasteiger partial charge in [-0.2, -0.15) is 0 Å². The Balaban J connectivity index is 1.82. The molecule has 0 aliphatic carbocycles. The molecule has 0 heterocycles. The summed E-state index contributed by atoms with van der Waals surface area (Å²) in [5, 5.41) is 6.68. The van der Waals surface area contributed by atoms with Crippen molar-refractivity contribution in [2.45, 2.75) is 39.5 Å². The van der Waals surface area contributed by atoms with Crippen molar-refractivity contribution in [1.82, 2.24) is 15.5 Å². The molecule has 6 heteroatoms. The quantitative estimate of drug-likeness (QED) is 0.492. The van der Waals surface area contributed by atoms with Crippen molar-refractivity contribution in [3.05, 3.63) is 70.8 Å². The Morgan fingerprint density at radius 2 is 1.73 bits per heavy atom. The Labute approximate surface area is 180 Å². The van der Waals surface area contributed by atoms with Gasteiger partial charge in [0, 0.05) is 39.8 Å². The molecule has 0 unspecified atom stereocenters. The van der Waals surface area contributed by atoms with Crippen LogP contribution in [0.25, 0.3) is 0 Å².